The van der Waals surface area contributed by atoms with Crippen molar-refractivity contribution in [2.24, 2.45) is 0 Å². The molecule has 1 amide bonds. The number of fused-ring (bicyclic) bond motifs is 2. The molecule has 0 aliphatic rings. The largest absolute Gasteiger partial charge is 0.493 e. The van der Waals surface area contributed by atoms with Crippen LogP contribution in [0.5, 0.6) is 11.5 Å². The average Bonchev–Trinajstić information content (AvgIpc) is 3.13. The minimum Gasteiger partial charge on any atom is -0.493 e. The molecule has 0 atom stereocenters. The van der Waals surface area contributed by atoms with Crippen molar-refractivity contribution >= 4 is 39.6 Å². The highest BCUT2D eigenvalue weighted by atomic mass is 16.5. The van der Waals surface area contributed by atoms with Crippen molar-refractivity contribution in [2.75, 3.05) is 25.3 Å². The number of nitrogens with two attached hydrogens (primary N) is 1. The summed E-state index contributed by atoms with van der Waals surface area (Å²) in [5.74, 6) is 1.18. The third kappa shape index (κ3) is 3.75. The summed E-state index contributed by atoms with van der Waals surface area (Å²) in [6, 6.07) is 22.4. The Balaban J connectivity index is 1.66. The maximum absolute atomic E-state index is 13.3. The Morgan fingerprint density at radius 2 is 1.59 bits per heavy atom. The molecule has 5 rings (SSSR count). The number of rotatable bonds is 6. The standard InChI is InChI=1S/C26H23N5O3/c1-33-20-13-12-16(14-21(20)34-2)15-31-24(27)22(26(32)28-17-8-4-3-5-9-17)23-25(31)30-19-11-7-6-10-18(19)29-23/h3-14H,15,27H2,1-2H3,(H,28,32). The van der Waals surface area contributed by atoms with Crippen LogP contribution < -0.4 is 20.5 Å². The zero-order valence-electron chi connectivity index (χ0n) is 18.8. The molecule has 3 aromatic carbocycles. The highest BCUT2D eigenvalue weighted by molar-refractivity contribution is 6.16. The number of carbonyl (C=O) groups is 1. The topological polar surface area (TPSA) is 104 Å². The Morgan fingerprint density at radius 3 is 2.29 bits per heavy atom. The van der Waals surface area contributed by atoms with Crippen molar-refractivity contribution in [3.05, 3.63) is 83.9 Å². The van der Waals surface area contributed by atoms with E-state index in [9.17, 15) is 4.79 Å². The molecule has 0 saturated carbocycles. The van der Waals surface area contributed by atoms with Gasteiger partial charge in [0.15, 0.2) is 17.1 Å². The molecular formula is C26H23N5O3. The summed E-state index contributed by atoms with van der Waals surface area (Å²) in [4.78, 5) is 22.9. The Labute approximate surface area is 196 Å². The normalized spacial score (nSPS) is 11.0. The van der Waals surface area contributed by atoms with E-state index >= 15 is 0 Å². The first-order valence-electron chi connectivity index (χ1n) is 10.7. The third-order valence-corrected chi connectivity index (χ3v) is 5.64. The molecule has 0 bridgehead atoms. The molecule has 0 saturated heterocycles. The predicted octanol–water partition coefficient (Wildman–Crippen LogP) is 4.48. The summed E-state index contributed by atoms with van der Waals surface area (Å²) < 4.78 is 12.6. The van der Waals surface area contributed by atoms with Crippen molar-refractivity contribution in [1.29, 1.82) is 0 Å². The van der Waals surface area contributed by atoms with E-state index in [1.807, 2.05) is 72.8 Å². The number of hydrogen-bond acceptors (Lipinski definition) is 6. The maximum Gasteiger partial charge on any atom is 0.261 e. The van der Waals surface area contributed by atoms with Crippen molar-refractivity contribution in [1.82, 2.24) is 14.5 Å². The van der Waals surface area contributed by atoms with Crippen LogP contribution in [0, 0.1) is 0 Å². The van der Waals surface area contributed by atoms with E-state index in [0.29, 0.717) is 40.4 Å². The van der Waals surface area contributed by atoms with E-state index in [-0.39, 0.29) is 17.3 Å². The van der Waals surface area contributed by atoms with Gasteiger partial charge < -0.3 is 25.1 Å². The van der Waals surface area contributed by atoms with Crippen LogP contribution in [0.1, 0.15) is 15.9 Å². The Hall–Kier alpha value is -4.59. The predicted molar refractivity (Wildman–Crippen MR) is 132 cm³/mol. The monoisotopic (exact) mass is 453 g/mol. The number of nitrogen functional groups attached to an aromatic ring is 1. The summed E-state index contributed by atoms with van der Waals surface area (Å²) in [6.45, 7) is 0.369. The Kier molecular flexibility index (Phi) is 5.47. The lowest BCUT2D eigenvalue weighted by Gasteiger charge is -2.12. The number of benzene rings is 3. The van der Waals surface area contributed by atoms with Gasteiger partial charge in [0.05, 0.1) is 31.8 Å². The van der Waals surface area contributed by atoms with Crippen molar-refractivity contribution in [3.63, 3.8) is 0 Å². The number of aromatic nitrogens is 3. The molecule has 8 heteroatoms. The van der Waals surface area contributed by atoms with Gasteiger partial charge in [0, 0.05) is 5.69 Å². The number of hydrogen-bond donors (Lipinski definition) is 2. The van der Waals surface area contributed by atoms with Crippen LogP contribution >= 0.6 is 0 Å². The lowest BCUT2D eigenvalue weighted by molar-refractivity contribution is 0.102. The molecule has 2 heterocycles. The lowest BCUT2D eigenvalue weighted by Crippen LogP contribution is -2.15. The summed E-state index contributed by atoms with van der Waals surface area (Å²) in [7, 11) is 3.18. The molecule has 34 heavy (non-hydrogen) atoms. The Morgan fingerprint density at radius 1 is 0.912 bits per heavy atom. The first-order chi connectivity index (χ1) is 16.6. The van der Waals surface area contributed by atoms with Crippen molar-refractivity contribution < 1.29 is 14.3 Å². The van der Waals surface area contributed by atoms with Crippen LogP contribution in [0.4, 0.5) is 11.5 Å². The molecule has 0 unspecified atom stereocenters. The molecule has 0 aliphatic heterocycles. The van der Waals surface area contributed by atoms with Crippen LogP contribution in [0.15, 0.2) is 72.8 Å². The summed E-state index contributed by atoms with van der Waals surface area (Å²) >= 11 is 0. The molecule has 5 aromatic rings. The van der Waals surface area contributed by atoms with E-state index in [1.165, 1.54) is 0 Å². The van der Waals surface area contributed by atoms with Gasteiger partial charge in [-0.05, 0) is 42.0 Å². The second-order valence-corrected chi connectivity index (χ2v) is 7.74. The molecule has 0 spiro atoms. The van der Waals surface area contributed by atoms with E-state index in [0.717, 1.165) is 11.1 Å². The first-order valence-corrected chi connectivity index (χ1v) is 10.7. The minimum absolute atomic E-state index is 0.286. The van der Waals surface area contributed by atoms with Crippen molar-refractivity contribution in [3.8, 4) is 11.5 Å². The summed E-state index contributed by atoms with van der Waals surface area (Å²) in [5, 5.41) is 2.91. The van der Waals surface area contributed by atoms with Crippen LogP contribution in [-0.4, -0.2) is 34.7 Å². The SMILES string of the molecule is COc1ccc(Cn2c(N)c(C(=O)Nc3ccccc3)c3nc4ccccc4nc32)cc1OC. The number of anilines is 2. The van der Waals surface area contributed by atoms with Gasteiger partial charge >= 0.3 is 0 Å². The Bertz CT molecular complexity index is 1510. The van der Waals surface area contributed by atoms with E-state index in [2.05, 4.69) is 5.32 Å². The van der Waals surface area contributed by atoms with Crippen LogP contribution in [0.2, 0.25) is 0 Å². The van der Waals surface area contributed by atoms with Gasteiger partial charge in [-0.2, -0.15) is 0 Å². The summed E-state index contributed by atoms with van der Waals surface area (Å²) in [6.07, 6.45) is 0. The molecule has 8 nitrogen and oxygen atoms in total. The van der Waals surface area contributed by atoms with Gasteiger partial charge in [0.25, 0.3) is 5.91 Å². The number of nitrogens with one attached hydrogen (secondary N) is 1. The highest BCUT2D eigenvalue weighted by Gasteiger charge is 2.24. The molecule has 2 aromatic heterocycles. The number of nitrogens with zero attached hydrogens (tertiary/aromatic N) is 3. The second kappa shape index (κ2) is 8.74. The van der Waals surface area contributed by atoms with E-state index in [4.69, 9.17) is 25.2 Å². The second-order valence-electron chi connectivity index (χ2n) is 7.74. The number of methoxy groups -OCH3 is 2. The molecule has 0 aliphatic carbocycles. The third-order valence-electron chi connectivity index (χ3n) is 5.64. The number of ether oxygens (including phenoxy) is 2. The highest BCUT2D eigenvalue weighted by Crippen LogP contribution is 2.32. The summed E-state index contributed by atoms with van der Waals surface area (Å²) in [5.41, 5.74) is 10.8. The maximum atomic E-state index is 13.3. The fourth-order valence-corrected chi connectivity index (χ4v) is 3.98. The van der Waals surface area contributed by atoms with Gasteiger partial charge in [0.2, 0.25) is 0 Å². The van der Waals surface area contributed by atoms with E-state index < -0.39 is 0 Å². The molecule has 3 N–H and O–H groups in total. The quantitative estimate of drug-likeness (QED) is 0.393. The van der Waals surface area contributed by atoms with Gasteiger partial charge in [-0.3, -0.25) is 4.79 Å². The zero-order chi connectivity index (χ0) is 23.7. The van der Waals surface area contributed by atoms with Gasteiger partial charge in [-0.1, -0.05) is 36.4 Å². The van der Waals surface area contributed by atoms with Gasteiger partial charge in [0.1, 0.15) is 16.9 Å². The number of para-hydroxylation sites is 3. The lowest BCUT2D eigenvalue weighted by atomic mass is 10.2. The molecule has 0 fully saturated rings. The smallest absolute Gasteiger partial charge is 0.261 e. The number of carbonyl (C=O) groups excluding carboxylic acids is 1. The van der Waals surface area contributed by atoms with Crippen LogP contribution in [0.25, 0.3) is 22.2 Å². The molecular weight excluding hydrogens is 430 g/mol. The average molecular weight is 454 g/mol. The van der Waals surface area contributed by atoms with Gasteiger partial charge in [-0.25, -0.2) is 9.97 Å². The molecule has 170 valence electrons. The zero-order valence-corrected chi connectivity index (χ0v) is 18.8. The van der Waals surface area contributed by atoms with Crippen LogP contribution in [0.3, 0.4) is 0 Å². The fourth-order valence-electron chi connectivity index (χ4n) is 3.98. The van der Waals surface area contributed by atoms with Crippen LogP contribution in [-0.2, 0) is 6.54 Å². The molecule has 0 radical (unpaired) electrons. The van der Waals surface area contributed by atoms with Crippen molar-refractivity contribution in [2.45, 2.75) is 6.54 Å². The van der Waals surface area contributed by atoms with E-state index in [1.54, 1.807) is 18.8 Å². The van der Waals surface area contributed by atoms with Gasteiger partial charge in [-0.15, -0.1) is 0 Å². The first kappa shape index (κ1) is 21.3. The number of amides is 1. The minimum atomic E-state index is -0.343. The fraction of sp³-hybridized carbons (Fsp3) is 0.115.